The SMILES string of the molecule is NCCOCCOCCOCCC(=O)NCCC1(N2Cc3c(N)cccc3C2=O)CCC(=O)NC1=O. The van der Waals surface area contributed by atoms with E-state index in [1.54, 1.807) is 18.2 Å². The Balaban J connectivity index is 1.45. The Morgan fingerprint density at radius 3 is 2.42 bits per heavy atom. The highest BCUT2D eigenvalue weighted by Crippen LogP contribution is 2.38. The third-order valence-electron chi connectivity index (χ3n) is 6.30. The summed E-state index contributed by atoms with van der Waals surface area (Å²) in [6, 6.07) is 5.08. The Bertz CT molecular complexity index is 957. The topological polar surface area (TPSA) is 175 Å². The number of rotatable bonds is 15. The van der Waals surface area contributed by atoms with E-state index < -0.39 is 11.4 Å². The number of nitrogens with one attached hydrogen (secondary N) is 2. The quantitative estimate of drug-likeness (QED) is 0.136. The van der Waals surface area contributed by atoms with Crippen molar-refractivity contribution in [2.75, 3.05) is 58.5 Å². The highest BCUT2D eigenvalue weighted by atomic mass is 16.5. The number of imide groups is 1. The Hall–Kier alpha value is -3.06. The van der Waals surface area contributed by atoms with E-state index in [9.17, 15) is 19.2 Å². The number of benzene rings is 1. The van der Waals surface area contributed by atoms with Crippen LogP contribution in [0.3, 0.4) is 0 Å². The number of nitrogens with zero attached hydrogens (tertiary/aromatic N) is 1. The number of fused-ring (bicyclic) bond motifs is 1. The molecule has 198 valence electrons. The number of anilines is 1. The molecular weight excluding hydrogens is 470 g/mol. The van der Waals surface area contributed by atoms with Crippen LogP contribution in [0.1, 0.15) is 41.6 Å². The van der Waals surface area contributed by atoms with E-state index >= 15 is 0 Å². The molecule has 0 radical (unpaired) electrons. The number of hydrogen-bond donors (Lipinski definition) is 4. The molecule has 6 N–H and O–H groups in total. The highest BCUT2D eigenvalue weighted by molar-refractivity contribution is 6.08. The fourth-order valence-corrected chi connectivity index (χ4v) is 4.36. The largest absolute Gasteiger partial charge is 0.398 e. The third-order valence-corrected chi connectivity index (χ3v) is 6.30. The number of amides is 4. The fraction of sp³-hybridized carbons (Fsp3) is 0.583. The molecule has 2 aliphatic heterocycles. The third kappa shape index (κ3) is 6.78. The fourth-order valence-electron chi connectivity index (χ4n) is 4.36. The lowest BCUT2D eigenvalue weighted by atomic mass is 9.83. The van der Waals surface area contributed by atoms with Gasteiger partial charge in [0.15, 0.2) is 0 Å². The Morgan fingerprint density at radius 1 is 1.06 bits per heavy atom. The van der Waals surface area contributed by atoms with Gasteiger partial charge in [-0.05, 0) is 25.0 Å². The van der Waals surface area contributed by atoms with Gasteiger partial charge >= 0.3 is 0 Å². The van der Waals surface area contributed by atoms with Gasteiger partial charge in [0.2, 0.25) is 11.8 Å². The average molecular weight is 506 g/mol. The number of hydrogen-bond acceptors (Lipinski definition) is 9. The van der Waals surface area contributed by atoms with Gasteiger partial charge in [-0.15, -0.1) is 0 Å². The molecule has 1 aromatic rings. The van der Waals surface area contributed by atoms with E-state index in [-0.39, 0.29) is 63.1 Å². The first-order valence-electron chi connectivity index (χ1n) is 12.1. The van der Waals surface area contributed by atoms with Crippen LogP contribution in [0.25, 0.3) is 0 Å². The van der Waals surface area contributed by atoms with E-state index in [0.717, 1.165) is 0 Å². The monoisotopic (exact) mass is 505 g/mol. The average Bonchev–Trinajstić information content (AvgIpc) is 3.20. The highest BCUT2D eigenvalue weighted by Gasteiger charge is 2.51. The van der Waals surface area contributed by atoms with Crippen molar-refractivity contribution < 1.29 is 33.4 Å². The van der Waals surface area contributed by atoms with Crippen LogP contribution in [0.4, 0.5) is 5.69 Å². The molecule has 4 amide bonds. The maximum absolute atomic E-state index is 13.2. The number of ether oxygens (including phenoxy) is 3. The summed E-state index contributed by atoms with van der Waals surface area (Å²) in [4.78, 5) is 51.8. The van der Waals surface area contributed by atoms with Crippen molar-refractivity contribution in [3.63, 3.8) is 0 Å². The van der Waals surface area contributed by atoms with Gasteiger partial charge in [-0.3, -0.25) is 24.5 Å². The summed E-state index contributed by atoms with van der Waals surface area (Å²) in [5, 5.41) is 5.14. The lowest BCUT2D eigenvalue weighted by molar-refractivity contribution is -0.143. The van der Waals surface area contributed by atoms with E-state index in [0.29, 0.717) is 56.4 Å². The Kier molecular flexibility index (Phi) is 10.2. The van der Waals surface area contributed by atoms with E-state index in [4.69, 9.17) is 25.7 Å². The van der Waals surface area contributed by atoms with Crippen LogP contribution in [-0.4, -0.2) is 86.8 Å². The van der Waals surface area contributed by atoms with Gasteiger partial charge in [0.25, 0.3) is 11.8 Å². The normalized spacial score (nSPS) is 19.4. The van der Waals surface area contributed by atoms with Crippen LogP contribution < -0.4 is 22.1 Å². The first kappa shape index (κ1) is 27.5. The summed E-state index contributed by atoms with van der Waals surface area (Å²) >= 11 is 0. The predicted molar refractivity (Wildman–Crippen MR) is 130 cm³/mol. The van der Waals surface area contributed by atoms with Crippen LogP contribution in [0, 0.1) is 0 Å². The number of carbonyl (C=O) groups excluding carboxylic acids is 4. The molecule has 2 heterocycles. The van der Waals surface area contributed by atoms with Crippen molar-refractivity contribution in [2.45, 2.75) is 37.8 Å². The molecule has 0 spiro atoms. The van der Waals surface area contributed by atoms with Crippen molar-refractivity contribution in [2.24, 2.45) is 5.73 Å². The summed E-state index contributed by atoms with van der Waals surface area (Å²) in [5.74, 6) is -1.47. The maximum Gasteiger partial charge on any atom is 0.255 e. The Morgan fingerprint density at radius 2 is 1.75 bits per heavy atom. The molecule has 0 saturated carbocycles. The molecule has 3 rings (SSSR count). The molecule has 0 bridgehead atoms. The molecule has 1 aromatic carbocycles. The van der Waals surface area contributed by atoms with Crippen molar-refractivity contribution in [1.29, 1.82) is 0 Å². The Labute approximate surface area is 210 Å². The first-order chi connectivity index (χ1) is 17.4. The van der Waals surface area contributed by atoms with Gasteiger partial charge in [-0.1, -0.05) is 6.07 Å². The summed E-state index contributed by atoms with van der Waals surface area (Å²) in [7, 11) is 0. The molecule has 36 heavy (non-hydrogen) atoms. The minimum Gasteiger partial charge on any atom is -0.398 e. The number of piperidine rings is 1. The van der Waals surface area contributed by atoms with Crippen LogP contribution in [-0.2, 0) is 35.1 Å². The number of nitrogen functional groups attached to an aromatic ring is 1. The first-order valence-corrected chi connectivity index (χ1v) is 12.1. The predicted octanol–water partition coefficient (Wildman–Crippen LogP) is -0.695. The minimum atomic E-state index is -1.26. The molecule has 0 aliphatic carbocycles. The molecule has 12 heteroatoms. The standard InChI is InChI=1S/C24H35N5O7/c25-8-11-35-13-15-36-14-12-34-10-5-20(30)27-9-7-24(6-4-21(31)28-23(24)33)29-16-18-17(22(29)32)2-1-3-19(18)26/h1-3H,4-16,25-26H2,(H,27,30)(H,28,31,33). The van der Waals surface area contributed by atoms with E-state index in [1.165, 1.54) is 4.90 Å². The summed E-state index contributed by atoms with van der Waals surface area (Å²) in [6.45, 7) is 3.17. The zero-order chi connectivity index (χ0) is 26.0. The van der Waals surface area contributed by atoms with Gasteiger partial charge in [-0.25, -0.2) is 0 Å². The molecule has 0 aromatic heterocycles. The van der Waals surface area contributed by atoms with Crippen molar-refractivity contribution in [3.8, 4) is 0 Å². The molecule has 1 unspecified atom stereocenters. The smallest absolute Gasteiger partial charge is 0.255 e. The zero-order valence-electron chi connectivity index (χ0n) is 20.4. The van der Waals surface area contributed by atoms with Crippen molar-refractivity contribution in [1.82, 2.24) is 15.5 Å². The van der Waals surface area contributed by atoms with Crippen molar-refractivity contribution >= 4 is 29.3 Å². The second-order valence-electron chi connectivity index (χ2n) is 8.65. The molecule has 2 aliphatic rings. The van der Waals surface area contributed by atoms with E-state index in [1.807, 2.05) is 0 Å². The van der Waals surface area contributed by atoms with Crippen LogP contribution in [0.5, 0.6) is 0 Å². The zero-order valence-corrected chi connectivity index (χ0v) is 20.4. The maximum atomic E-state index is 13.2. The minimum absolute atomic E-state index is 0.102. The van der Waals surface area contributed by atoms with Gasteiger partial charge in [0.05, 0.1) is 39.6 Å². The number of carbonyl (C=O) groups is 4. The molecular formula is C24H35N5O7. The van der Waals surface area contributed by atoms with Gasteiger partial charge < -0.3 is 35.9 Å². The van der Waals surface area contributed by atoms with Gasteiger partial charge in [0, 0.05) is 49.3 Å². The lowest BCUT2D eigenvalue weighted by Crippen LogP contribution is -2.63. The molecule has 1 saturated heterocycles. The molecule has 12 nitrogen and oxygen atoms in total. The lowest BCUT2D eigenvalue weighted by Gasteiger charge is -2.42. The molecule has 1 atom stereocenters. The summed E-state index contributed by atoms with van der Waals surface area (Å²) < 4.78 is 15.9. The second-order valence-corrected chi connectivity index (χ2v) is 8.65. The summed E-state index contributed by atoms with van der Waals surface area (Å²) in [5.41, 5.74) is 11.7. The molecule has 1 fully saturated rings. The van der Waals surface area contributed by atoms with Crippen LogP contribution in [0.2, 0.25) is 0 Å². The van der Waals surface area contributed by atoms with Gasteiger partial charge in [0.1, 0.15) is 5.54 Å². The summed E-state index contributed by atoms with van der Waals surface area (Å²) in [6.07, 6.45) is 0.582. The second kappa shape index (κ2) is 13.3. The van der Waals surface area contributed by atoms with Gasteiger partial charge in [-0.2, -0.15) is 0 Å². The van der Waals surface area contributed by atoms with Crippen LogP contribution >= 0.6 is 0 Å². The number of nitrogens with two attached hydrogens (primary N) is 2. The van der Waals surface area contributed by atoms with Crippen LogP contribution in [0.15, 0.2) is 18.2 Å². The van der Waals surface area contributed by atoms with Crippen molar-refractivity contribution in [3.05, 3.63) is 29.3 Å². The van der Waals surface area contributed by atoms with E-state index in [2.05, 4.69) is 10.6 Å².